The van der Waals surface area contributed by atoms with Crippen molar-refractivity contribution in [3.63, 3.8) is 0 Å². The van der Waals surface area contributed by atoms with Gasteiger partial charge in [-0.15, -0.1) is 0 Å². The zero-order valence-electron chi connectivity index (χ0n) is 12.6. The second kappa shape index (κ2) is 7.56. The average Bonchev–Trinajstić information content (AvgIpc) is 2.53. The number of methoxy groups -OCH3 is 1. The van der Waals surface area contributed by atoms with Gasteiger partial charge in [0.25, 0.3) is 5.91 Å². The van der Waals surface area contributed by atoms with E-state index in [2.05, 4.69) is 5.32 Å². The summed E-state index contributed by atoms with van der Waals surface area (Å²) in [5, 5.41) is 2.74. The molecular weight excluding hydrogens is 285 g/mol. The van der Waals surface area contributed by atoms with Gasteiger partial charge in [-0.1, -0.05) is 12.1 Å². The minimum absolute atomic E-state index is 0.107. The molecule has 0 radical (unpaired) electrons. The molecule has 0 saturated heterocycles. The molecule has 0 aliphatic heterocycles. The lowest BCUT2D eigenvalue weighted by molar-refractivity contribution is 0.102. The van der Waals surface area contributed by atoms with E-state index in [4.69, 9.17) is 9.47 Å². The number of halogens is 1. The van der Waals surface area contributed by atoms with Crippen molar-refractivity contribution in [2.24, 2.45) is 0 Å². The molecular formula is C17H18FNO3. The van der Waals surface area contributed by atoms with Crippen LogP contribution in [-0.2, 0) is 11.3 Å². The summed E-state index contributed by atoms with van der Waals surface area (Å²) in [6.45, 7) is 3.03. The Morgan fingerprint density at radius 3 is 2.73 bits per heavy atom. The summed E-state index contributed by atoms with van der Waals surface area (Å²) >= 11 is 0. The van der Waals surface area contributed by atoms with Crippen LogP contribution in [0.3, 0.4) is 0 Å². The summed E-state index contributed by atoms with van der Waals surface area (Å²) in [5.41, 5.74) is 1.83. The largest absolute Gasteiger partial charge is 0.494 e. The number of hydrogen-bond acceptors (Lipinski definition) is 3. The second-order valence-corrected chi connectivity index (χ2v) is 4.64. The van der Waals surface area contributed by atoms with Crippen molar-refractivity contribution in [2.75, 3.05) is 19.0 Å². The summed E-state index contributed by atoms with van der Waals surface area (Å²) in [7, 11) is 1.38. The number of amides is 1. The Balaban J connectivity index is 2.10. The van der Waals surface area contributed by atoms with E-state index >= 15 is 0 Å². The molecule has 0 aliphatic carbocycles. The molecule has 0 heterocycles. The van der Waals surface area contributed by atoms with Crippen LogP contribution in [0.15, 0.2) is 42.5 Å². The van der Waals surface area contributed by atoms with E-state index in [-0.39, 0.29) is 17.2 Å². The number of nitrogens with one attached hydrogen (secondary N) is 1. The highest BCUT2D eigenvalue weighted by molar-refractivity contribution is 6.04. The second-order valence-electron chi connectivity index (χ2n) is 4.64. The van der Waals surface area contributed by atoms with Gasteiger partial charge in [-0.2, -0.15) is 0 Å². The summed E-state index contributed by atoms with van der Waals surface area (Å²) in [5.74, 6) is -0.842. The maximum Gasteiger partial charge on any atom is 0.255 e. The molecule has 2 rings (SSSR count). The summed E-state index contributed by atoms with van der Waals surface area (Å²) in [6.07, 6.45) is 0. The van der Waals surface area contributed by atoms with Crippen molar-refractivity contribution in [1.82, 2.24) is 0 Å². The van der Waals surface area contributed by atoms with Crippen LogP contribution in [0.2, 0.25) is 0 Å². The molecule has 2 aromatic carbocycles. The first-order valence-corrected chi connectivity index (χ1v) is 6.95. The van der Waals surface area contributed by atoms with Crippen LogP contribution < -0.4 is 10.1 Å². The van der Waals surface area contributed by atoms with E-state index < -0.39 is 5.82 Å². The number of ether oxygens (including phenoxy) is 2. The molecule has 0 fully saturated rings. The first-order chi connectivity index (χ1) is 10.6. The molecule has 0 unspecified atom stereocenters. The predicted octanol–water partition coefficient (Wildman–Crippen LogP) is 3.62. The van der Waals surface area contributed by atoms with Crippen LogP contribution in [0.5, 0.6) is 5.75 Å². The maximum absolute atomic E-state index is 13.6. The fraction of sp³-hybridized carbons (Fsp3) is 0.235. The predicted molar refractivity (Wildman–Crippen MR) is 82.7 cm³/mol. The van der Waals surface area contributed by atoms with Gasteiger partial charge >= 0.3 is 0 Å². The highest BCUT2D eigenvalue weighted by Crippen LogP contribution is 2.19. The molecule has 1 amide bonds. The van der Waals surface area contributed by atoms with Crippen LogP contribution in [0.4, 0.5) is 10.1 Å². The Morgan fingerprint density at radius 1 is 1.23 bits per heavy atom. The molecule has 22 heavy (non-hydrogen) atoms. The van der Waals surface area contributed by atoms with Crippen molar-refractivity contribution in [3.05, 3.63) is 59.4 Å². The first-order valence-electron chi connectivity index (χ1n) is 6.95. The lowest BCUT2D eigenvalue weighted by atomic mass is 10.1. The van der Waals surface area contributed by atoms with Crippen LogP contribution >= 0.6 is 0 Å². The van der Waals surface area contributed by atoms with E-state index in [9.17, 15) is 9.18 Å². The van der Waals surface area contributed by atoms with Gasteiger partial charge < -0.3 is 14.8 Å². The standard InChI is InChI=1S/C17H18FNO3/c1-3-22-11-12-5-4-6-14(9-12)19-17(20)13-7-8-16(21-2)15(18)10-13/h4-10H,3,11H2,1-2H3,(H,19,20). The van der Waals surface area contributed by atoms with Gasteiger partial charge in [0, 0.05) is 17.9 Å². The zero-order valence-corrected chi connectivity index (χ0v) is 12.6. The van der Waals surface area contributed by atoms with Crippen LogP contribution in [0.1, 0.15) is 22.8 Å². The number of carbonyl (C=O) groups excluding carboxylic acids is 1. The topological polar surface area (TPSA) is 47.6 Å². The molecule has 0 bridgehead atoms. The quantitative estimate of drug-likeness (QED) is 0.886. The van der Waals surface area contributed by atoms with Crippen LogP contribution in [0, 0.1) is 5.82 Å². The van der Waals surface area contributed by atoms with Gasteiger partial charge in [0.1, 0.15) is 0 Å². The molecule has 2 aromatic rings. The Kier molecular flexibility index (Phi) is 5.49. The average molecular weight is 303 g/mol. The van der Waals surface area contributed by atoms with Crippen LogP contribution in [-0.4, -0.2) is 19.6 Å². The fourth-order valence-corrected chi connectivity index (χ4v) is 1.97. The molecule has 116 valence electrons. The Bertz CT molecular complexity index is 658. The molecule has 0 aromatic heterocycles. The molecule has 5 heteroatoms. The lowest BCUT2D eigenvalue weighted by Gasteiger charge is -2.09. The van der Waals surface area contributed by atoms with Crippen LogP contribution in [0.25, 0.3) is 0 Å². The van der Waals surface area contributed by atoms with Crippen molar-refractivity contribution < 1.29 is 18.7 Å². The summed E-state index contributed by atoms with van der Waals surface area (Å²) in [6, 6.07) is 11.4. The molecule has 0 atom stereocenters. The van der Waals surface area contributed by atoms with Gasteiger partial charge in [-0.25, -0.2) is 4.39 Å². The molecule has 0 aliphatic rings. The van der Waals surface area contributed by atoms with E-state index in [0.717, 1.165) is 11.6 Å². The van der Waals surface area contributed by atoms with Gasteiger partial charge in [0.05, 0.1) is 13.7 Å². The van der Waals surface area contributed by atoms with Crippen molar-refractivity contribution in [2.45, 2.75) is 13.5 Å². The number of hydrogen-bond donors (Lipinski definition) is 1. The SMILES string of the molecule is CCOCc1cccc(NC(=O)c2ccc(OC)c(F)c2)c1. The Labute approximate surface area is 128 Å². The Morgan fingerprint density at radius 2 is 2.05 bits per heavy atom. The molecule has 0 saturated carbocycles. The van der Waals surface area contributed by atoms with Crippen molar-refractivity contribution in [1.29, 1.82) is 0 Å². The Hall–Kier alpha value is -2.40. The number of benzene rings is 2. The highest BCUT2D eigenvalue weighted by Gasteiger charge is 2.10. The smallest absolute Gasteiger partial charge is 0.255 e. The number of rotatable bonds is 6. The molecule has 4 nitrogen and oxygen atoms in total. The number of carbonyl (C=O) groups is 1. The molecule has 0 spiro atoms. The van der Waals surface area contributed by atoms with E-state index in [1.807, 2.05) is 25.1 Å². The maximum atomic E-state index is 13.6. The minimum atomic E-state index is -0.569. The summed E-state index contributed by atoms with van der Waals surface area (Å²) < 4.78 is 23.8. The highest BCUT2D eigenvalue weighted by atomic mass is 19.1. The van der Waals surface area contributed by atoms with Crippen molar-refractivity contribution >= 4 is 11.6 Å². The van der Waals surface area contributed by atoms with Gasteiger partial charge in [0.2, 0.25) is 0 Å². The normalized spacial score (nSPS) is 10.3. The zero-order chi connectivity index (χ0) is 15.9. The lowest BCUT2D eigenvalue weighted by Crippen LogP contribution is -2.12. The van der Waals surface area contributed by atoms with E-state index in [1.54, 1.807) is 6.07 Å². The first kappa shape index (κ1) is 16.0. The van der Waals surface area contributed by atoms with Gasteiger partial charge in [0.15, 0.2) is 11.6 Å². The minimum Gasteiger partial charge on any atom is -0.494 e. The monoisotopic (exact) mass is 303 g/mol. The van der Waals surface area contributed by atoms with Crippen molar-refractivity contribution in [3.8, 4) is 5.75 Å². The van der Waals surface area contributed by atoms with E-state index in [1.165, 1.54) is 19.2 Å². The van der Waals surface area contributed by atoms with E-state index in [0.29, 0.717) is 18.9 Å². The summed E-state index contributed by atoms with van der Waals surface area (Å²) in [4.78, 5) is 12.1. The van der Waals surface area contributed by atoms with Gasteiger partial charge in [-0.3, -0.25) is 4.79 Å². The molecule has 1 N–H and O–H groups in total. The third-order valence-electron chi connectivity index (χ3n) is 3.07. The van der Waals surface area contributed by atoms with Gasteiger partial charge in [-0.05, 0) is 42.8 Å². The third-order valence-corrected chi connectivity index (χ3v) is 3.07. The fourth-order valence-electron chi connectivity index (χ4n) is 1.97. The number of anilines is 1. The third kappa shape index (κ3) is 4.05.